The molecule has 0 aliphatic heterocycles. The van der Waals surface area contributed by atoms with Crippen molar-refractivity contribution in [2.75, 3.05) is 13.1 Å². The SMILES string of the molecule is CCN(CC)S(=O)(=O)c1ccc(SC(C)C(=O)NCc2ccc(C)cc2)nc1. The van der Waals surface area contributed by atoms with E-state index in [1.54, 1.807) is 32.9 Å². The molecule has 0 fully saturated rings. The molecule has 0 spiro atoms. The van der Waals surface area contributed by atoms with Crippen LogP contribution in [0.1, 0.15) is 31.9 Å². The molecule has 0 radical (unpaired) electrons. The topological polar surface area (TPSA) is 79.4 Å². The Labute approximate surface area is 171 Å². The van der Waals surface area contributed by atoms with E-state index in [-0.39, 0.29) is 16.1 Å². The number of thioether (sulfide) groups is 1. The molecule has 0 saturated heterocycles. The maximum atomic E-state index is 12.5. The fourth-order valence-electron chi connectivity index (χ4n) is 2.58. The fraction of sp³-hybridized carbons (Fsp3) is 0.400. The molecular formula is C20H27N3O3S2. The molecule has 1 atom stereocenters. The van der Waals surface area contributed by atoms with Crippen molar-refractivity contribution >= 4 is 27.7 Å². The van der Waals surface area contributed by atoms with E-state index in [2.05, 4.69) is 10.3 Å². The van der Waals surface area contributed by atoms with E-state index in [4.69, 9.17) is 0 Å². The normalized spacial score (nSPS) is 12.8. The number of nitrogens with one attached hydrogen (secondary N) is 1. The van der Waals surface area contributed by atoms with Gasteiger partial charge in [0.05, 0.1) is 10.3 Å². The van der Waals surface area contributed by atoms with Gasteiger partial charge in [0.15, 0.2) is 0 Å². The van der Waals surface area contributed by atoms with Crippen LogP contribution in [0.2, 0.25) is 0 Å². The Morgan fingerprint density at radius 1 is 1.14 bits per heavy atom. The Morgan fingerprint density at radius 3 is 2.32 bits per heavy atom. The highest BCUT2D eigenvalue weighted by Crippen LogP contribution is 2.23. The van der Waals surface area contributed by atoms with E-state index < -0.39 is 10.0 Å². The van der Waals surface area contributed by atoms with Crippen molar-refractivity contribution in [3.8, 4) is 0 Å². The van der Waals surface area contributed by atoms with Crippen LogP contribution in [0.15, 0.2) is 52.5 Å². The number of hydrogen-bond donors (Lipinski definition) is 1. The number of aromatic nitrogens is 1. The van der Waals surface area contributed by atoms with E-state index in [0.717, 1.165) is 5.56 Å². The van der Waals surface area contributed by atoms with Gasteiger partial charge in [0, 0.05) is 25.8 Å². The third-order valence-electron chi connectivity index (χ3n) is 4.31. The molecule has 0 saturated carbocycles. The van der Waals surface area contributed by atoms with Crippen molar-refractivity contribution in [1.29, 1.82) is 0 Å². The monoisotopic (exact) mass is 421 g/mol. The summed E-state index contributed by atoms with van der Waals surface area (Å²) in [4.78, 5) is 16.7. The Kier molecular flexibility index (Phi) is 8.03. The zero-order chi connectivity index (χ0) is 20.7. The lowest BCUT2D eigenvalue weighted by molar-refractivity contribution is -0.120. The second-order valence-electron chi connectivity index (χ2n) is 6.38. The minimum absolute atomic E-state index is 0.0905. The first-order valence-corrected chi connectivity index (χ1v) is 11.6. The molecule has 0 aliphatic rings. The quantitative estimate of drug-likeness (QED) is 0.629. The molecule has 2 aromatic rings. The first-order valence-electron chi connectivity index (χ1n) is 9.24. The summed E-state index contributed by atoms with van der Waals surface area (Å²) in [6, 6.07) is 11.2. The summed E-state index contributed by atoms with van der Waals surface area (Å²) in [5, 5.41) is 3.18. The van der Waals surface area contributed by atoms with Gasteiger partial charge in [-0.2, -0.15) is 4.31 Å². The van der Waals surface area contributed by atoms with Crippen LogP contribution in [-0.2, 0) is 21.4 Å². The number of amides is 1. The maximum absolute atomic E-state index is 12.5. The van der Waals surface area contributed by atoms with Gasteiger partial charge in [-0.15, -0.1) is 0 Å². The first kappa shape index (κ1) is 22.4. The number of rotatable bonds is 9. The van der Waals surface area contributed by atoms with Crippen molar-refractivity contribution in [1.82, 2.24) is 14.6 Å². The highest BCUT2D eigenvalue weighted by molar-refractivity contribution is 8.00. The molecule has 1 aromatic carbocycles. The number of carbonyl (C=O) groups is 1. The highest BCUT2D eigenvalue weighted by atomic mass is 32.2. The summed E-state index contributed by atoms with van der Waals surface area (Å²) in [6.07, 6.45) is 1.35. The molecular weight excluding hydrogens is 394 g/mol. The van der Waals surface area contributed by atoms with Crippen LogP contribution in [0.5, 0.6) is 0 Å². The molecule has 0 bridgehead atoms. The van der Waals surface area contributed by atoms with Crippen molar-refractivity contribution < 1.29 is 13.2 Å². The summed E-state index contributed by atoms with van der Waals surface area (Å²) in [5.41, 5.74) is 2.22. The Hall–Kier alpha value is -1.90. The molecule has 2 rings (SSSR count). The fourth-order valence-corrected chi connectivity index (χ4v) is 4.79. The molecule has 1 N–H and O–H groups in total. The van der Waals surface area contributed by atoms with Gasteiger partial charge in [0.25, 0.3) is 0 Å². The van der Waals surface area contributed by atoms with Gasteiger partial charge in [-0.25, -0.2) is 13.4 Å². The molecule has 28 heavy (non-hydrogen) atoms. The number of pyridine rings is 1. The predicted octanol–water partition coefficient (Wildman–Crippen LogP) is 3.22. The van der Waals surface area contributed by atoms with Gasteiger partial charge < -0.3 is 5.32 Å². The van der Waals surface area contributed by atoms with Crippen molar-refractivity contribution in [3.63, 3.8) is 0 Å². The van der Waals surface area contributed by atoms with Crippen LogP contribution < -0.4 is 5.32 Å². The summed E-state index contributed by atoms with van der Waals surface area (Å²) in [7, 11) is -3.52. The lowest BCUT2D eigenvalue weighted by Crippen LogP contribution is -2.31. The van der Waals surface area contributed by atoms with E-state index >= 15 is 0 Å². The summed E-state index contributed by atoms with van der Waals surface area (Å²) in [5.74, 6) is -0.0905. The van der Waals surface area contributed by atoms with E-state index in [1.807, 2.05) is 31.2 Å². The van der Waals surface area contributed by atoms with Crippen LogP contribution in [0.3, 0.4) is 0 Å². The van der Waals surface area contributed by atoms with Crippen molar-refractivity contribution in [3.05, 3.63) is 53.7 Å². The van der Waals surface area contributed by atoms with Crippen LogP contribution >= 0.6 is 11.8 Å². The third kappa shape index (κ3) is 5.80. The molecule has 1 heterocycles. The van der Waals surface area contributed by atoms with Crippen molar-refractivity contribution in [2.45, 2.75) is 49.4 Å². The van der Waals surface area contributed by atoms with Crippen LogP contribution in [0, 0.1) is 6.92 Å². The lowest BCUT2D eigenvalue weighted by Gasteiger charge is -2.18. The number of nitrogens with zero attached hydrogens (tertiary/aromatic N) is 2. The highest BCUT2D eigenvalue weighted by Gasteiger charge is 2.22. The Balaban J connectivity index is 1.95. The van der Waals surface area contributed by atoms with Crippen LogP contribution in [0.25, 0.3) is 0 Å². The second kappa shape index (κ2) is 10.0. The van der Waals surface area contributed by atoms with Gasteiger partial charge >= 0.3 is 0 Å². The smallest absolute Gasteiger partial charge is 0.244 e. The minimum Gasteiger partial charge on any atom is -0.351 e. The predicted molar refractivity (Wildman–Crippen MR) is 113 cm³/mol. The summed E-state index contributed by atoms with van der Waals surface area (Å²) < 4.78 is 26.4. The summed E-state index contributed by atoms with van der Waals surface area (Å²) >= 11 is 1.30. The van der Waals surface area contributed by atoms with E-state index in [1.165, 1.54) is 27.8 Å². The van der Waals surface area contributed by atoms with Gasteiger partial charge in [-0.1, -0.05) is 55.4 Å². The zero-order valence-corrected chi connectivity index (χ0v) is 18.3. The minimum atomic E-state index is -3.52. The first-order chi connectivity index (χ1) is 13.3. The Morgan fingerprint density at radius 2 is 1.79 bits per heavy atom. The Bertz CT molecular complexity index is 878. The molecule has 8 heteroatoms. The standard InChI is InChI=1S/C20H27N3O3S2/c1-5-23(6-2)28(25,26)18-11-12-19(21-14-18)27-16(4)20(24)22-13-17-9-7-15(3)8-10-17/h7-12,14,16H,5-6,13H2,1-4H3,(H,22,24). The summed E-state index contributed by atoms with van der Waals surface area (Å²) in [6.45, 7) is 8.72. The van der Waals surface area contributed by atoms with E-state index in [9.17, 15) is 13.2 Å². The van der Waals surface area contributed by atoms with Crippen LogP contribution in [-0.4, -0.2) is 42.0 Å². The second-order valence-corrected chi connectivity index (χ2v) is 9.68. The van der Waals surface area contributed by atoms with Gasteiger partial charge in [-0.3, -0.25) is 4.79 Å². The number of benzene rings is 1. The van der Waals surface area contributed by atoms with Crippen molar-refractivity contribution in [2.24, 2.45) is 0 Å². The molecule has 1 unspecified atom stereocenters. The maximum Gasteiger partial charge on any atom is 0.244 e. The van der Waals surface area contributed by atoms with Gasteiger partial charge in [-0.05, 0) is 31.5 Å². The van der Waals surface area contributed by atoms with Crippen LogP contribution in [0.4, 0.5) is 0 Å². The molecule has 1 aromatic heterocycles. The molecule has 6 nitrogen and oxygen atoms in total. The zero-order valence-electron chi connectivity index (χ0n) is 16.7. The average molecular weight is 422 g/mol. The molecule has 152 valence electrons. The molecule has 0 aliphatic carbocycles. The lowest BCUT2D eigenvalue weighted by atomic mass is 10.1. The largest absolute Gasteiger partial charge is 0.351 e. The number of aryl methyl sites for hydroxylation is 1. The third-order valence-corrected chi connectivity index (χ3v) is 7.39. The average Bonchev–Trinajstić information content (AvgIpc) is 2.68. The number of hydrogen-bond acceptors (Lipinski definition) is 5. The van der Waals surface area contributed by atoms with Gasteiger partial charge in [0.1, 0.15) is 4.90 Å². The van der Waals surface area contributed by atoms with E-state index in [0.29, 0.717) is 24.7 Å². The molecule has 1 amide bonds. The van der Waals surface area contributed by atoms with Gasteiger partial charge in [0.2, 0.25) is 15.9 Å². The number of carbonyl (C=O) groups excluding carboxylic acids is 1. The number of sulfonamides is 1.